The van der Waals surface area contributed by atoms with E-state index >= 15 is 0 Å². The Hall–Kier alpha value is -0.450. The van der Waals surface area contributed by atoms with Crippen LogP contribution in [-0.4, -0.2) is 36.6 Å². The van der Waals surface area contributed by atoms with Crippen LogP contribution in [0.15, 0.2) is 5.38 Å². The lowest BCUT2D eigenvalue weighted by Crippen LogP contribution is -2.42. The van der Waals surface area contributed by atoms with Gasteiger partial charge in [0, 0.05) is 29.9 Å². The van der Waals surface area contributed by atoms with Crippen LogP contribution in [-0.2, 0) is 12.0 Å². The molecule has 1 heterocycles. The summed E-state index contributed by atoms with van der Waals surface area (Å²) >= 11 is 1.78. The van der Waals surface area contributed by atoms with E-state index in [4.69, 9.17) is 4.98 Å². The molecule has 0 aliphatic heterocycles. The zero-order valence-corrected chi connectivity index (χ0v) is 15.7. The first-order valence-corrected chi connectivity index (χ1v) is 8.99. The van der Waals surface area contributed by atoms with Crippen molar-refractivity contribution in [2.24, 2.45) is 5.92 Å². The number of rotatable bonds is 8. The van der Waals surface area contributed by atoms with Gasteiger partial charge in [0.05, 0.1) is 10.7 Å². The maximum atomic E-state index is 4.75. The first-order chi connectivity index (χ1) is 9.79. The summed E-state index contributed by atoms with van der Waals surface area (Å²) in [5.41, 5.74) is 1.33. The van der Waals surface area contributed by atoms with E-state index in [0.29, 0.717) is 6.04 Å². The van der Waals surface area contributed by atoms with Crippen molar-refractivity contribution in [1.82, 2.24) is 15.2 Å². The molecule has 1 atom stereocenters. The molecule has 4 heteroatoms. The summed E-state index contributed by atoms with van der Waals surface area (Å²) in [6.45, 7) is 13.1. The fraction of sp³-hybridized carbons (Fsp3) is 0.824. The highest BCUT2D eigenvalue weighted by molar-refractivity contribution is 7.09. The van der Waals surface area contributed by atoms with Crippen molar-refractivity contribution in [2.75, 3.05) is 20.6 Å². The van der Waals surface area contributed by atoms with Gasteiger partial charge in [0.1, 0.15) is 0 Å². The van der Waals surface area contributed by atoms with Gasteiger partial charge >= 0.3 is 0 Å². The molecule has 1 aromatic heterocycles. The molecule has 122 valence electrons. The van der Waals surface area contributed by atoms with Gasteiger partial charge in [-0.3, -0.25) is 0 Å². The number of hydrogen-bond donors (Lipinski definition) is 1. The summed E-state index contributed by atoms with van der Waals surface area (Å²) in [4.78, 5) is 7.10. The lowest BCUT2D eigenvalue weighted by atomic mass is 9.93. The standard InChI is InChI=1S/C17H33N3S/c1-8-13(9-2)15(20(6)7)11-18-10-14-12-21-16(19-14)17(3,4)5/h12-13,15,18H,8-11H2,1-7H3. The molecular formula is C17H33N3S. The summed E-state index contributed by atoms with van der Waals surface area (Å²) in [5, 5.41) is 7.01. The second kappa shape index (κ2) is 8.25. The smallest absolute Gasteiger partial charge is 0.0982 e. The Labute approximate surface area is 135 Å². The molecule has 0 bridgehead atoms. The predicted molar refractivity (Wildman–Crippen MR) is 94.1 cm³/mol. The average Bonchev–Trinajstić information content (AvgIpc) is 2.86. The van der Waals surface area contributed by atoms with Gasteiger partial charge in [-0.2, -0.15) is 0 Å². The zero-order chi connectivity index (χ0) is 16.0. The molecular weight excluding hydrogens is 278 g/mol. The molecule has 0 fully saturated rings. The lowest BCUT2D eigenvalue weighted by Gasteiger charge is -2.31. The van der Waals surface area contributed by atoms with Gasteiger partial charge in [-0.15, -0.1) is 11.3 Å². The minimum Gasteiger partial charge on any atom is -0.310 e. The van der Waals surface area contributed by atoms with Crippen LogP contribution < -0.4 is 5.32 Å². The maximum Gasteiger partial charge on any atom is 0.0982 e. The Kier molecular flexibility index (Phi) is 7.31. The Balaban J connectivity index is 2.52. The van der Waals surface area contributed by atoms with Gasteiger partial charge in [0.2, 0.25) is 0 Å². The van der Waals surface area contributed by atoms with Gasteiger partial charge < -0.3 is 10.2 Å². The largest absolute Gasteiger partial charge is 0.310 e. The Bertz CT molecular complexity index is 402. The molecule has 1 N–H and O–H groups in total. The molecule has 0 aliphatic rings. The highest BCUT2D eigenvalue weighted by Crippen LogP contribution is 2.25. The lowest BCUT2D eigenvalue weighted by molar-refractivity contribution is 0.194. The molecule has 0 aromatic carbocycles. The van der Waals surface area contributed by atoms with Crippen LogP contribution >= 0.6 is 11.3 Å². The minimum atomic E-state index is 0.157. The third kappa shape index (κ3) is 5.68. The summed E-state index contributed by atoms with van der Waals surface area (Å²) in [7, 11) is 4.37. The van der Waals surface area contributed by atoms with Crippen LogP contribution in [0.1, 0.15) is 58.2 Å². The molecule has 0 spiro atoms. The van der Waals surface area contributed by atoms with Crippen molar-refractivity contribution in [2.45, 2.75) is 65.5 Å². The van der Waals surface area contributed by atoms with E-state index in [0.717, 1.165) is 19.0 Å². The van der Waals surface area contributed by atoms with Gasteiger partial charge in [0.25, 0.3) is 0 Å². The van der Waals surface area contributed by atoms with E-state index in [2.05, 4.69) is 64.3 Å². The van der Waals surface area contributed by atoms with Gasteiger partial charge in [0.15, 0.2) is 0 Å². The molecule has 1 aromatic rings. The van der Waals surface area contributed by atoms with Gasteiger partial charge in [-0.25, -0.2) is 4.98 Å². The van der Waals surface area contributed by atoms with Crippen LogP contribution in [0.3, 0.4) is 0 Å². The summed E-state index contributed by atoms with van der Waals surface area (Å²) in [5.74, 6) is 0.757. The molecule has 1 rings (SSSR count). The first-order valence-electron chi connectivity index (χ1n) is 8.11. The van der Waals surface area contributed by atoms with Gasteiger partial charge in [-0.1, -0.05) is 47.5 Å². The Morgan fingerprint density at radius 2 is 1.86 bits per heavy atom. The van der Waals surface area contributed by atoms with E-state index in [-0.39, 0.29) is 5.41 Å². The fourth-order valence-electron chi connectivity index (χ4n) is 2.68. The van der Waals surface area contributed by atoms with Crippen LogP contribution in [0.5, 0.6) is 0 Å². The topological polar surface area (TPSA) is 28.2 Å². The second-order valence-corrected chi connectivity index (χ2v) is 7.99. The van der Waals surface area contributed by atoms with E-state index in [1.165, 1.54) is 23.5 Å². The number of hydrogen-bond acceptors (Lipinski definition) is 4. The van der Waals surface area contributed by atoms with E-state index < -0.39 is 0 Å². The van der Waals surface area contributed by atoms with E-state index in [9.17, 15) is 0 Å². The zero-order valence-electron chi connectivity index (χ0n) is 14.9. The van der Waals surface area contributed by atoms with Crippen molar-refractivity contribution < 1.29 is 0 Å². The van der Waals surface area contributed by atoms with Crippen molar-refractivity contribution in [3.63, 3.8) is 0 Å². The normalized spacial score (nSPS) is 14.1. The first kappa shape index (κ1) is 18.6. The van der Waals surface area contributed by atoms with Crippen molar-refractivity contribution in [3.05, 3.63) is 16.1 Å². The van der Waals surface area contributed by atoms with E-state index in [1.54, 1.807) is 11.3 Å². The fourth-order valence-corrected chi connectivity index (χ4v) is 3.59. The monoisotopic (exact) mass is 311 g/mol. The molecule has 0 saturated carbocycles. The van der Waals surface area contributed by atoms with Crippen molar-refractivity contribution in [1.29, 1.82) is 0 Å². The molecule has 0 saturated heterocycles. The number of aromatic nitrogens is 1. The Morgan fingerprint density at radius 3 is 2.29 bits per heavy atom. The number of nitrogens with zero attached hydrogens (tertiary/aromatic N) is 2. The number of nitrogens with one attached hydrogen (secondary N) is 1. The average molecular weight is 312 g/mol. The summed E-state index contributed by atoms with van der Waals surface area (Å²) in [6.07, 6.45) is 2.48. The molecule has 0 radical (unpaired) electrons. The molecule has 0 aliphatic carbocycles. The maximum absolute atomic E-state index is 4.75. The number of thiazole rings is 1. The quantitative estimate of drug-likeness (QED) is 0.789. The SMILES string of the molecule is CCC(CC)C(CNCc1csc(C(C)(C)C)n1)N(C)C. The van der Waals surface area contributed by atoms with Crippen LogP contribution in [0, 0.1) is 5.92 Å². The van der Waals surface area contributed by atoms with Crippen LogP contribution in [0.4, 0.5) is 0 Å². The molecule has 1 unspecified atom stereocenters. The third-order valence-corrected chi connectivity index (χ3v) is 5.43. The second-order valence-electron chi connectivity index (χ2n) is 7.13. The minimum absolute atomic E-state index is 0.157. The highest BCUT2D eigenvalue weighted by atomic mass is 32.1. The summed E-state index contributed by atoms with van der Waals surface area (Å²) in [6, 6.07) is 0.598. The van der Waals surface area contributed by atoms with Crippen LogP contribution in [0.2, 0.25) is 0 Å². The molecule has 21 heavy (non-hydrogen) atoms. The molecule has 3 nitrogen and oxygen atoms in total. The van der Waals surface area contributed by atoms with E-state index in [1.807, 2.05) is 0 Å². The third-order valence-electron chi connectivity index (χ3n) is 4.11. The van der Waals surface area contributed by atoms with Gasteiger partial charge in [-0.05, 0) is 20.0 Å². The van der Waals surface area contributed by atoms with Crippen molar-refractivity contribution >= 4 is 11.3 Å². The molecule has 0 amide bonds. The Morgan fingerprint density at radius 1 is 1.24 bits per heavy atom. The van der Waals surface area contributed by atoms with Crippen molar-refractivity contribution in [3.8, 4) is 0 Å². The highest BCUT2D eigenvalue weighted by Gasteiger charge is 2.21. The predicted octanol–water partition coefficient (Wildman–Crippen LogP) is 3.90. The number of likely N-dealkylation sites (N-methyl/N-ethyl adjacent to an activating group) is 1. The summed E-state index contributed by atoms with van der Waals surface area (Å²) < 4.78 is 0. The van der Waals surface area contributed by atoms with Crippen LogP contribution in [0.25, 0.3) is 0 Å².